The van der Waals surface area contributed by atoms with Gasteiger partial charge in [0.1, 0.15) is 12.1 Å². The predicted octanol–water partition coefficient (Wildman–Crippen LogP) is 4.17. The van der Waals surface area contributed by atoms with E-state index in [2.05, 4.69) is 62.3 Å². The third-order valence-electron chi connectivity index (χ3n) is 4.16. The molecule has 3 aromatic rings. The molecule has 0 aliphatic carbocycles. The van der Waals surface area contributed by atoms with Crippen molar-refractivity contribution in [2.45, 2.75) is 18.5 Å². The minimum Gasteiger partial charge on any atom is -0.348 e. The highest BCUT2D eigenvalue weighted by Gasteiger charge is 2.29. The highest BCUT2D eigenvalue weighted by molar-refractivity contribution is 14.1. The van der Waals surface area contributed by atoms with Crippen LogP contribution in [0.15, 0.2) is 54.9 Å². The van der Waals surface area contributed by atoms with Crippen molar-refractivity contribution in [3.05, 3.63) is 75.4 Å². The van der Waals surface area contributed by atoms with Gasteiger partial charge in [0.15, 0.2) is 0 Å². The fourth-order valence-corrected chi connectivity index (χ4v) is 3.36. The van der Waals surface area contributed by atoms with Crippen LogP contribution in [0.2, 0.25) is 0 Å². The number of anilines is 1. The zero-order valence-electron chi connectivity index (χ0n) is 12.2. The van der Waals surface area contributed by atoms with Crippen LogP contribution in [0.25, 0.3) is 0 Å². The Morgan fingerprint density at radius 3 is 2.48 bits per heavy atom. The Morgan fingerprint density at radius 1 is 1.04 bits per heavy atom. The molecule has 2 heterocycles. The lowest BCUT2D eigenvalue weighted by molar-refractivity contribution is 0.430. The molecule has 1 N–H and O–H groups in total. The number of aromatic nitrogens is 3. The van der Waals surface area contributed by atoms with Gasteiger partial charge in [-0.1, -0.05) is 24.3 Å². The van der Waals surface area contributed by atoms with Crippen molar-refractivity contribution < 1.29 is 4.39 Å². The maximum Gasteiger partial charge on any atom is 0.222 e. The Balaban J connectivity index is 1.71. The Labute approximate surface area is 146 Å². The number of hydrogen-bond donors (Lipinski definition) is 1. The monoisotopic (exact) mass is 420 g/mol. The molecule has 0 spiro atoms. The summed E-state index contributed by atoms with van der Waals surface area (Å²) in [6.45, 7) is 0. The molecule has 2 unspecified atom stereocenters. The van der Waals surface area contributed by atoms with E-state index in [0.29, 0.717) is 0 Å². The predicted molar refractivity (Wildman–Crippen MR) is 94.7 cm³/mol. The standard InChI is InChI=1S/C17H14FIN4/c18-13-5-1-12(2-6-13)16-9-15(11-3-7-14(19)8-4-11)22-17-20-10-21-23(16)17/h1-8,10,15-16H,9H2,(H,20,21,22). The van der Waals surface area contributed by atoms with Gasteiger partial charge >= 0.3 is 0 Å². The average molecular weight is 420 g/mol. The van der Waals surface area contributed by atoms with Gasteiger partial charge in [-0.15, -0.1) is 0 Å². The molecule has 1 aromatic heterocycles. The van der Waals surface area contributed by atoms with Crippen molar-refractivity contribution in [2.24, 2.45) is 0 Å². The lowest BCUT2D eigenvalue weighted by Crippen LogP contribution is -2.28. The molecule has 4 nitrogen and oxygen atoms in total. The molecule has 0 saturated heterocycles. The quantitative estimate of drug-likeness (QED) is 0.633. The average Bonchev–Trinajstić information content (AvgIpc) is 3.04. The SMILES string of the molecule is Fc1ccc(C2CC(c3ccc(I)cc3)Nc3ncnn32)cc1. The van der Waals surface area contributed by atoms with E-state index in [9.17, 15) is 4.39 Å². The van der Waals surface area contributed by atoms with Crippen molar-refractivity contribution in [3.63, 3.8) is 0 Å². The summed E-state index contributed by atoms with van der Waals surface area (Å²) >= 11 is 2.30. The van der Waals surface area contributed by atoms with Crippen LogP contribution in [-0.2, 0) is 0 Å². The van der Waals surface area contributed by atoms with Gasteiger partial charge in [-0.3, -0.25) is 0 Å². The van der Waals surface area contributed by atoms with Crippen LogP contribution in [-0.4, -0.2) is 14.8 Å². The van der Waals surface area contributed by atoms with Crippen LogP contribution in [0.5, 0.6) is 0 Å². The van der Waals surface area contributed by atoms with Gasteiger partial charge in [0.05, 0.1) is 12.1 Å². The van der Waals surface area contributed by atoms with Crippen LogP contribution in [0.1, 0.15) is 29.6 Å². The Kier molecular flexibility index (Phi) is 3.76. The molecule has 6 heteroatoms. The minimum absolute atomic E-state index is 0.0404. The third-order valence-corrected chi connectivity index (χ3v) is 4.88. The molecule has 1 aliphatic rings. The Bertz CT molecular complexity index is 813. The van der Waals surface area contributed by atoms with Crippen LogP contribution in [0.4, 0.5) is 10.3 Å². The van der Waals surface area contributed by atoms with E-state index in [1.807, 2.05) is 16.8 Å². The normalized spacial score (nSPS) is 19.9. The lowest BCUT2D eigenvalue weighted by atomic mass is 9.93. The highest BCUT2D eigenvalue weighted by atomic mass is 127. The number of nitrogens with one attached hydrogen (secondary N) is 1. The van der Waals surface area contributed by atoms with Crippen LogP contribution < -0.4 is 5.32 Å². The topological polar surface area (TPSA) is 42.7 Å². The van der Waals surface area contributed by atoms with Gasteiger partial charge in [-0.25, -0.2) is 9.07 Å². The molecule has 2 aromatic carbocycles. The van der Waals surface area contributed by atoms with Crippen molar-refractivity contribution >= 4 is 28.5 Å². The van der Waals surface area contributed by atoms with Crippen LogP contribution >= 0.6 is 22.6 Å². The first-order valence-electron chi connectivity index (χ1n) is 7.38. The number of benzene rings is 2. The molecular formula is C17H14FIN4. The molecule has 23 heavy (non-hydrogen) atoms. The molecule has 1 aliphatic heterocycles. The molecular weight excluding hydrogens is 406 g/mol. The lowest BCUT2D eigenvalue weighted by Gasteiger charge is -2.31. The molecule has 0 saturated carbocycles. The second-order valence-corrected chi connectivity index (χ2v) is 6.83. The fourth-order valence-electron chi connectivity index (χ4n) is 3.00. The molecule has 4 rings (SSSR count). The summed E-state index contributed by atoms with van der Waals surface area (Å²) in [5.74, 6) is 0.518. The summed E-state index contributed by atoms with van der Waals surface area (Å²) in [7, 11) is 0. The number of rotatable bonds is 2. The van der Waals surface area contributed by atoms with E-state index < -0.39 is 0 Å². The van der Waals surface area contributed by atoms with Gasteiger partial charge in [-0.2, -0.15) is 10.1 Å². The van der Waals surface area contributed by atoms with Crippen molar-refractivity contribution in [3.8, 4) is 0 Å². The van der Waals surface area contributed by atoms with E-state index in [1.165, 1.54) is 21.3 Å². The first kappa shape index (κ1) is 14.6. The van der Waals surface area contributed by atoms with Gasteiger partial charge in [0, 0.05) is 3.57 Å². The summed E-state index contributed by atoms with van der Waals surface area (Å²) in [6, 6.07) is 15.3. The maximum absolute atomic E-state index is 13.2. The summed E-state index contributed by atoms with van der Waals surface area (Å²) in [4.78, 5) is 4.31. The Morgan fingerprint density at radius 2 is 1.74 bits per heavy atom. The van der Waals surface area contributed by atoms with Gasteiger partial charge in [0.25, 0.3) is 0 Å². The molecule has 0 bridgehead atoms. The maximum atomic E-state index is 13.2. The molecule has 0 fully saturated rings. The van der Waals surface area contributed by atoms with E-state index in [1.54, 1.807) is 6.33 Å². The number of halogens is 2. The second kappa shape index (κ2) is 5.92. The number of fused-ring (bicyclic) bond motifs is 1. The van der Waals surface area contributed by atoms with Gasteiger partial charge in [-0.05, 0) is 64.4 Å². The van der Waals surface area contributed by atoms with Gasteiger partial charge in [0.2, 0.25) is 5.95 Å². The molecule has 0 amide bonds. The first-order valence-corrected chi connectivity index (χ1v) is 8.45. The zero-order valence-corrected chi connectivity index (χ0v) is 14.3. The second-order valence-electron chi connectivity index (χ2n) is 5.58. The van der Waals surface area contributed by atoms with E-state index in [-0.39, 0.29) is 17.9 Å². The first-order chi connectivity index (χ1) is 11.2. The van der Waals surface area contributed by atoms with E-state index >= 15 is 0 Å². The van der Waals surface area contributed by atoms with Gasteiger partial charge < -0.3 is 5.32 Å². The van der Waals surface area contributed by atoms with Crippen LogP contribution in [0.3, 0.4) is 0 Å². The highest BCUT2D eigenvalue weighted by Crippen LogP contribution is 2.37. The van der Waals surface area contributed by atoms with Crippen molar-refractivity contribution in [2.75, 3.05) is 5.32 Å². The van der Waals surface area contributed by atoms with Crippen molar-refractivity contribution in [1.29, 1.82) is 0 Å². The largest absolute Gasteiger partial charge is 0.348 e. The minimum atomic E-state index is -0.226. The number of nitrogens with zero attached hydrogens (tertiary/aromatic N) is 3. The smallest absolute Gasteiger partial charge is 0.222 e. The Hall–Kier alpha value is -1.96. The molecule has 2 atom stereocenters. The van der Waals surface area contributed by atoms with Crippen molar-refractivity contribution in [1.82, 2.24) is 14.8 Å². The molecule has 0 radical (unpaired) electrons. The fraction of sp³-hybridized carbons (Fsp3) is 0.176. The van der Waals surface area contributed by atoms with E-state index in [0.717, 1.165) is 17.9 Å². The summed E-state index contributed by atoms with van der Waals surface area (Å²) in [5.41, 5.74) is 2.25. The third kappa shape index (κ3) is 2.83. The summed E-state index contributed by atoms with van der Waals surface area (Å²) in [5, 5.41) is 7.76. The molecule has 116 valence electrons. The summed E-state index contributed by atoms with van der Waals surface area (Å²) < 4.78 is 16.3. The number of hydrogen-bond acceptors (Lipinski definition) is 3. The zero-order chi connectivity index (χ0) is 15.8. The summed E-state index contributed by atoms with van der Waals surface area (Å²) in [6.07, 6.45) is 2.39. The van der Waals surface area contributed by atoms with E-state index in [4.69, 9.17) is 0 Å². The van der Waals surface area contributed by atoms with Crippen LogP contribution in [0, 0.1) is 9.39 Å².